The number of anilines is 1. The number of benzene rings is 1. The Bertz CT molecular complexity index is 629. The molecule has 1 aromatic carbocycles. The van der Waals surface area contributed by atoms with E-state index in [0.717, 1.165) is 23.5 Å². The fourth-order valence-electron chi connectivity index (χ4n) is 2.29. The van der Waals surface area contributed by atoms with Crippen LogP contribution < -0.4 is 14.4 Å². The van der Waals surface area contributed by atoms with Crippen molar-refractivity contribution in [1.82, 2.24) is 10.2 Å². The zero-order valence-corrected chi connectivity index (χ0v) is 15.8. The monoisotopic (exact) mass is 357 g/mol. The average Bonchev–Trinajstić information content (AvgIpc) is 2.50. The van der Waals surface area contributed by atoms with Crippen molar-refractivity contribution in [3.05, 3.63) is 24.3 Å². The number of ether oxygens (including phenoxy) is 1. The van der Waals surface area contributed by atoms with Crippen LogP contribution in [0.1, 0.15) is 13.3 Å². The van der Waals surface area contributed by atoms with Crippen LogP contribution in [0.4, 0.5) is 5.69 Å². The van der Waals surface area contributed by atoms with E-state index in [1.165, 1.54) is 7.11 Å². The molecule has 0 aliphatic rings. The third-order valence-electron chi connectivity index (χ3n) is 3.50. The zero-order valence-electron chi connectivity index (χ0n) is 14.9. The summed E-state index contributed by atoms with van der Waals surface area (Å²) in [7, 11) is 1.85. The van der Waals surface area contributed by atoms with Gasteiger partial charge >= 0.3 is 0 Å². The molecule has 7 nitrogen and oxygen atoms in total. The Morgan fingerprint density at radius 1 is 1.25 bits per heavy atom. The van der Waals surface area contributed by atoms with E-state index in [4.69, 9.17) is 4.74 Å². The van der Waals surface area contributed by atoms with Gasteiger partial charge in [0.25, 0.3) is 0 Å². The van der Waals surface area contributed by atoms with Crippen molar-refractivity contribution in [3.63, 3.8) is 0 Å². The highest BCUT2D eigenvalue weighted by Gasteiger charge is 2.28. The van der Waals surface area contributed by atoms with Gasteiger partial charge in [-0.25, -0.2) is 8.42 Å². The second-order valence-corrected chi connectivity index (χ2v) is 7.74. The maximum Gasteiger partial charge on any atom is 0.243 e. The molecule has 0 radical (unpaired) electrons. The summed E-state index contributed by atoms with van der Waals surface area (Å²) in [6.45, 7) is 2.93. The highest BCUT2D eigenvalue weighted by molar-refractivity contribution is 7.92. The Morgan fingerprint density at radius 2 is 1.83 bits per heavy atom. The Kier molecular flexibility index (Phi) is 7.50. The van der Waals surface area contributed by atoms with Gasteiger partial charge in [-0.3, -0.25) is 9.10 Å². The first kappa shape index (κ1) is 20.2. The molecule has 136 valence electrons. The van der Waals surface area contributed by atoms with Crippen LogP contribution in [0.3, 0.4) is 0 Å². The van der Waals surface area contributed by atoms with Crippen LogP contribution in [0.5, 0.6) is 5.75 Å². The standard InChI is InChI=1S/C16H27N3O4S/c1-13(16(20)17-11-6-12-18(2)3)19(24(5,21)22)14-7-9-15(23-4)10-8-14/h7-10,13H,6,11-12H2,1-5H3,(H,17,20)/t13-/m1/s1. The molecular formula is C16H27N3O4S. The molecule has 0 heterocycles. The first-order chi connectivity index (χ1) is 11.2. The smallest absolute Gasteiger partial charge is 0.243 e. The predicted molar refractivity (Wildman–Crippen MR) is 96.0 cm³/mol. The summed E-state index contributed by atoms with van der Waals surface area (Å²) in [4.78, 5) is 14.3. The molecule has 1 atom stereocenters. The van der Waals surface area contributed by atoms with E-state index in [9.17, 15) is 13.2 Å². The number of sulfonamides is 1. The molecule has 0 spiro atoms. The van der Waals surface area contributed by atoms with Crippen LogP contribution in [0, 0.1) is 0 Å². The summed E-state index contributed by atoms with van der Waals surface area (Å²) in [6.07, 6.45) is 1.89. The lowest BCUT2D eigenvalue weighted by Crippen LogP contribution is -2.48. The van der Waals surface area contributed by atoms with Crippen LogP contribution in [0.25, 0.3) is 0 Å². The summed E-state index contributed by atoms with van der Waals surface area (Å²) in [6, 6.07) is 5.73. The van der Waals surface area contributed by atoms with E-state index >= 15 is 0 Å². The molecule has 0 aromatic heterocycles. The second-order valence-electron chi connectivity index (χ2n) is 5.88. The molecule has 0 saturated carbocycles. The van der Waals surface area contributed by atoms with Crippen LogP contribution in [0.15, 0.2) is 24.3 Å². The molecule has 1 N–H and O–H groups in total. The number of hydrogen-bond acceptors (Lipinski definition) is 5. The molecule has 8 heteroatoms. The lowest BCUT2D eigenvalue weighted by Gasteiger charge is -2.28. The van der Waals surface area contributed by atoms with Crippen molar-refractivity contribution in [2.45, 2.75) is 19.4 Å². The fraction of sp³-hybridized carbons (Fsp3) is 0.562. The van der Waals surface area contributed by atoms with E-state index in [0.29, 0.717) is 18.0 Å². The van der Waals surface area contributed by atoms with Gasteiger partial charge in [-0.1, -0.05) is 0 Å². The van der Waals surface area contributed by atoms with Crippen molar-refractivity contribution < 1.29 is 17.9 Å². The minimum absolute atomic E-state index is 0.324. The molecule has 0 aliphatic carbocycles. The molecule has 0 fully saturated rings. The molecule has 1 rings (SSSR count). The second kappa shape index (κ2) is 8.89. The molecule has 0 aliphatic heterocycles. The minimum Gasteiger partial charge on any atom is -0.497 e. The third kappa shape index (κ3) is 6.01. The van der Waals surface area contributed by atoms with Crippen molar-refractivity contribution in [3.8, 4) is 5.75 Å². The van der Waals surface area contributed by atoms with Crippen molar-refractivity contribution in [1.29, 1.82) is 0 Å². The van der Waals surface area contributed by atoms with Gasteiger partial charge in [0.15, 0.2) is 0 Å². The highest BCUT2D eigenvalue weighted by atomic mass is 32.2. The lowest BCUT2D eigenvalue weighted by molar-refractivity contribution is -0.121. The topological polar surface area (TPSA) is 79.0 Å². The lowest BCUT2D eigenvalue weighted by atomic mass is 10.2. The van der Waals surface area contributed by atoms with E-state index in [1.54, 1.807) is 31.2 Å². The number of methoxy groups -OCH3 is 1. The van der Waals surface area contributed by atoms with Gasteiger partial charge in [0.05, 0.1) is 19.1 Å². The minimum atomic E-state index is -3.60. The summed E-state index contributed by atoms with van der Waals surface area (Å²) in [5.41, 5.74) is 0.425. The number of nitrogens with one attached hydrogen (secondary N) is 1. The van der Waals surface area contributed by atoms with Crippen molar-refractivity contribution >= 4 is 21.6 Å². The van der Waals surface area contributed by atoms with Gasteiger partial charge in [-0.2, -0.15) is 0 Å². The summed E-state index contributed by atoms with van der Waals surface area (Å²) in [5.74, 6) is 0.294. The fourth-order valence-corrected chi connectivity index (χ4v) is 3.47. The van der Waals surface area contributed by atoms with E-state index in [1.807, 2.05) is 19.0 Å². The molecule has 1 amide bonds. The molecule has 0 saturated heterocycles. The summed E-state index contributed by atoms with van der Waals surface area (Å²) < 4.78 is 30.5. The number of carbonyl (C=O) groups is 1. The number of carbonyl (C=O) groups excluding carboxylic acids is 1. The first-order valence-corrected chi connectivity index (χ1v) is 9.57. The summed E-state index contributed by atoms with van der Waals surface area (Å²) >= 11 is 0. The first-order valence-electron chi connectivity index (χ1n) is 7.72. The van der Waals surface area contributed by atoms with E-state index in [-0.39, 0.29) is 5.91 Å². The van der Waals surface area contributed by atoms with Crippen LogP contribution >= 0.6 is 0 Å². The number of amides is 1. The summed E-state index contributed by atoms with van der Waals surface area (Å²) in [5, 5.41) is 2.79. The largest absolute Gasteiger partial charge is 0.497 e. The number of hydrogen-bond donors (Lipinski definition) is 1. The normalized spacial score (nSPS) is 12.8. The molecule has 24 heavy (non-hydrogen) atoms. The van der Waals surface area contributed by atoms with Gasteiger partial charge in [0.1, 0.15) is 11.8 Å². The van der Waals surface area contributed by atoms with Crippen molar-refractivity contribution in [2.75, 3.05) is 44.9 Å². The average molecular weight is 357 g/mol. The predicted octanol–water partition coefficient (Wildman–Crippen LogP) is 0.918. The van der Waals surface area contributed by atoms with Gasteiger partial charge in [0.2, 0.25) is 15.9 Å². The van der Waals surface area contributed by atoms with Crippen molar-refractivity contribution in [2.24, 2.45) is 0 Å². The third-order valence-corrected chi connectivity index (χ3v) is 4.74. The van der Waals surface area contributed by atoms with Gasteiger partial charge in [-0.15, -0.1) is 0 Å². The van der Waals surface area contributed by atoms with Gasteiger partial charge < -0.3 is 15.0 Å². The van der Waals surface area contributed by atoms with E-state index < -0.39 is 16.1 Å². The maximum absolute atomic E-state index is 12.3. The highest BCUT2D eigenvalue weighted by Crippen LogP contribution is 2.23. The van der Waals surface area contributed by atoms with Gasteiger partial charge in [0, 0.05) is 6.54 Å². The Morgan fingerprint density at radius 3 is 2.29 bits per heavy atom. The SMILES string of the molecule is COc1ccc(N([C@H](C)C(=O)NCCCN(C)C)S(C)(=O)=O)cc1. The number of nitrogens with zero attached hydrogens (tertiary/aromatic N) is 2. The van der Waals surface area contributed by atoms with E-state index in [2.05, 4.69) is 5.32 Å². The zero-order chi connectivity index (χ0) is 18.3. The molecule has 0 bridgehead atoms. The number of rotatable bonds is 9. The quantitative estimate of drug-likeness (QED) is 0.665. The van der Waals surface area contributed by atoms with Crippen LogP contribution in [0.2, 0.25) is 0 Å². The Balaban J connectivity index is 2.85. The molecule has 0 unspecified atom stereocenters. The Labute approximate surface area is 144 Å². The molecule has 1 aromatic rings. The molecular weight excluding hydrogens is 330 g/mol. The van der Waals surface area contributed by atoms with Crippen LogP contribution in [-0.2, 0) is 14.8 Å². The maximum atomic E-state index is 12.3. The van der Waals surface area contributed by atoms with Gasteiger partial charge in [-0.05, 0) is 58.3 Å². The van der Waals surface area contributed by atoms with Crippen LogP contribution in [-0.4, -0.2) is 65.8 Å². The Hall–Kier alpha value is -1.80.